The van der Waals surface area contributed by atoms with Crippen molar-refractivity contribution in [2.75, 3.05) is 26.2 Å². The lowest BCUT2D eigenvalue weighted by Crippen LogP contribution is -2.38. The van der Waals surface area contributed by atoms with Gasteiger partial charge in [-0.3, -0.25) is 9.59 Å². The van der Waals surface area contributed by atoms with E-state index in [1.54, 1.807) is 4.90 Å². The van der Waals surface area contributed by atoms with Gasteiger partial charge in [0, 0.05) is 26.1 Å². The van der Waals surface area contributed by atoms with Crippen LogP contribution in [-0.4, -0.2) is 43.0 Å². The Bertz CT molecular complexity index is 519. The van der Waals surface area contributed by atoms with E-state index in [1.807, 2.05) is 0 Å². The summed E-state index contributed by atoms with van der Waals surface area (Å²) in [5, 5.41) is 2.86. The van der Waals surface area contributed by atoms with E-state index in [4.69, 9.17) is 4.74 Å². The zero-order valence-electron chi connectivity index (χ0n) is 13.2. The van der Waals surface area contributed by atoms with Crippen LogP contribution in [0.5, 0.6) is 5.75 Å². The second-order valence-corrected chi connectivity index (χ2v) is 5.64. The van der Waals surface area contributed by atoms with Crippen molar-refractivity contribution in [1.82, 2.24) is 10.2 Å². The standard InChI is InChI=1S/C17H23FN2O3/c18-14-5-7-15(8-6-14)23-13-17(22)20-11-4-2-1-3-10-19-16(21)9-12-20/h5-8H,1-4,9-13H2,(H,19,21). The van der Waals surface area contributed by atoms with Gasteiger partial charge in [-0.25, -0.2) is 4.39 Å². The van der Waals surface area contributed by atoms with Crippen molar-refractivity contribution < 1.29 is 18.7 Å². The van der Waals surface area contributed by atoms with Gasteiger partial charge in [0.25, 0.3) is 5.91 Å². The Hall–Kier alpha value is -2.11. The molecule has 0 radical (unpaired) electrons. The number of carbonyl (C=O) groups excluding carboxylic acids is 2. The first kappa shape index (κ1) is 17.2. The summed E-state index contributed by atoms with van der Waals surface area (Å²) in [6.45, 7) is 1.64. The molecular formula is C17H23FN2O3. The summed E-state index contributed by atoms with van der Waals surface area (Å²) in [5.41, 5.74) is 0. The third kappa shape index (κ3) is 6.26. The molecule has 126 valence electrons. The number of halogens is 1. The van der Waals surface area contributed by atoms with E-state index in [-0.39, 0.29) is 24.2 Å². The molecular weight excluding hydrogens is 299 g/mol. The van der Waals surface area contributed by atoms with Crippen molar-refractivity contribution in [2.45, 2.75) is 32.1 Å². The van der Waals surface area contributed by atoms with E-state index in [0.29, 0.717) is 31.8 Å². The normalized spacial score (nSPS) is 17.1. The minimum absolute atomic E-state index is 0.0239. The summed E-state index contributed by atoms with van der Waals surface area (Å²) in [6, 6.07) is 5.56. The third-order valence-electron chi connectivity index (χ3n) is 3.81. The van der Waals surface area contributed by atoms with Gasteiger partial charge in [0.2, 0.25) is 5.91 Å². The Labute approximate surface area is 135 Å². The molecule has 2 amide bonds. The second-order valence-electron chi connectivity index (χ2n) is 5.64. The average molecular weight is 322 g/mol. The predicted octanol–water partition coefficient (Wildman–Crippen LogP) is 2.11. The molecule has 23 heavy (non-hydrogen) atoms. The molecule has 0 aromatic heterocycles. The summed E-state index contributed by atoms with van der Waals surface area (Å²) in [5.74, 6) is -0.0669. The first-order chi connectivity index (χ1) is 11.1. The van der Waals surface area contributed by atoms with Crippen LogP contribution in [0, 0.1) is 5.82 Å². The van der Waals surface area contributed by atoms with Crippen molar-refractivity contribution in [2.24, 2.45) is 0 Å². The van der Waals surface area contributed by atoms with Gasteiger partial charge in [-0.1, -0.05) is 12.8 Å². The second kappa shape index (κ2) is 9.12. The van der Waals surface area contributed by atoms with Gasteiger partial charge in [0.05, 0.1) is 0 Å². The van der Waals surface area contributed by atoms with Crippen LogP contribution in [0.15, 0.2) is 24.3 Å². The molecule has 1 N–H and O–H groups in total. The van der Waals surface area contributed by atoms with Gasteiger partial charge < -0.3 is 15.0 Å². The molecule has 0 aliphatic carbocycles. The number of ether oxygens (including phenoxy) is 1. The summed E-state index contributed by atoms with van der Waals surface area (Å²) in [6.07, 6.45) is 4.30. The van der Waals surface area contributed by atoms with Crippen molar-refractivity contribution in [3.8, 4) is 5.75 Å². The summed E-state index contributed by atoms with van der Waals surface area (Å²) >= 11 is 0. The Morgan fingerprint density at radius 3 is 2.65 bits per heavy atom. The van der Waals surface area contributed by atoms with Crippen LogP contribution in [0.2, 0.25) is 0 Å². The Kier molecular flexibility index (Phi) is 6.84. The van der Waals surface area contributed by atoms with E-state index >= 15 is 0 Å². The first-order valence-corrected chi connectivity index (χ1v) is 8.08. The number of benzene rings is 1. The summed E-state index contributed by atoms with van der Waals surface area (Å²) in [4.78, 5) is 25.6. The van der Waals surface area contributed by atoms with Crippen molar-refractivity contribution in [3.05, 3.63) is 30.1 Å². The maximum atomic E-state index is 12.8. The minimum atomic E-state index is -0.346. The molecule has 1 aliphatic heterocycles. The van der Waals surface area contributed by atoms with Crippen LogP contribution < -0.4 is 10.1 Å². The molecule has 1 aromatic carbocycles. The molecule has 0 unspecified atom stereocenters. The van der Waals surface area contributed by atoms with Crippen LogP contribution in [0.3, 0.4) is 0 Å². The Morgan fingerprint density at radius 2 is 1.87 bits per heavy atom. The van der Waals surface area contributed by atoms with Crippen molar-refractivity contribution in [3.63, 3.8) is 0 Å². The summed E-state index contributed by atoms with van der Waals surface area (Å²) < 4.78 is 18.2. The monoisotopic (exact) mass is 322 g/mol. The number of amides is 2. The molecule has 0 saturated carbocycles. The van der Waals surface area contributed by atoms with Crippen LogP contribution in [-0.2, 0) is 9.59 Å². The van der Waals surface area contributed by atoms with Crippen LogP contribution in [0.4, 0.5) is 4.39 Å². The average Bonchev–Trinajstić information content (AvgIpc) is 2.60. The van der Waals surface area contributed by atoms with E-state index in [9.17, 15) is 14.0 Å². The van der Waals surface area contributed by atoms with Gasteiger partial charge in [0.15, 0.2) is 6.61 Å². The largest absolute Gasteiger partial charge is 0.484 e. The first-order valence-electron chi connectivity index (χ1n) is 8.08. The zero-order valence-corrected chi connectivity index (χ0v) is 13.2. The van der Waals surface area contributed by atoms with Crippen molar-refractivity contribution >= 4 is 11.8 Å². The molecule has 2 rings (SSSR count). The van der Waals surface area contributed by atoms with Gasteiger partial charge >= 0.3 is 0 Å². The number of nitrogens with one attached hydrogen (secondary N) is 1. The molecule has 1 heterocycles. The number of nitrogens with zero attached hydrogens (tertiary/aromatic N) is 1. The van der Waals surface area contributed by atoms with E-state index in [1.165, 1.54) is 24.3 Å². The quantitative estimate of drug-likeness (QED) is 0.927. The van der Waals surface area contributed by atoms with Gasteiger partial charge in [-0.2, -0.15) is 0 Å². The number of hydrogen-bond donors (Lipinski definition) is 1. The minimum Gasteiger partial charge on any atom is -0.484 e. The molecule has 1 aromatic rings. The van der Waals surface area contributed by atoms with E-state index in [2.05, 4.69) is 5.32 Å². The SMILES string of the molecule is O=C1CCN(C(=O)COc2ccc(F)cc2)CCCCCCN1. The highest BCUT2D eigenvalue weighted by atomic mass is 19.1. The lowest BCUT2D eigenvalue weighted by Gasteiger charge is -2.22. The molecule has 5 nitrogen and oxygen atoms in total. The van der Waals surface area contributed by atoms with Crippen LogP contribution in [0.1, 0.15) is 32.1 Å². The number of carbonyl (C=O) groups is 2. The molecule has 0 atom stereocenters. The Balaban J connectivity index is 1.86. The maximum Gasteiger partial charge on any atom is 0.260 e. The van der Waals surface area contributed by atoms with Crippen molar-refractivity contribution in [1.29, 1.82) is 0 Å². The number of rotatable bonds is 3. The highest BCUT2D eigenvalue weighted by Gasteiger charge is 2.16. The maximum absolute atomic E-state index is 12.8. The lowest BCUT2D eigenvalue weighted by atomic mass is 10.2. The Morgan fingerprint density at radius 1 is 1.13 bits per heavy atom. The fourth-order valence-electron chi connectivity index (χ4n) is 2.46. The zero-order chi connectivity index (χ0) is 16.5. The molecule has 1 saturated heterocycles. The number of hydrogen-bond acceptors (Lipinski definition) is 3. The van der Waals surface area contributed by atoms with Crippen LogP contribution in [0.25, 0.3) is 0 Å². The van der Waals surface area contributed by atoms with Gasteiger partial charge in [0.1, 0.15) is 11.6 Å². The summed E-state index contributed by atoms with van der Waals surface area (Å²) in [7, 11) is 0. The van der Waals surface area contributed by atoms with E-state index < -0.39 is 0 Å². The lowest BCUT2D eigenvalue weighted by molar-refractivity contribution is -0.134. The van der Waals surface area contributed by atoms with Crippen LogP contribution >= 0.6 is 0 Å². The van der Waals surface area contributed by atoms with E-state index in [0.717, 1.165) is 25.7 Å². The molecule has 1 fully saturated rings. The fourth-order valence-corrected chi connectivity index (χ4v) is 2.46. The molecule has 0 bridgehead atoms. The third-order valence-corrected chi connectivity index (χ3v) is 3.81. The molecule has 1 aliphatic rings. The topological polar surface area (TPSA) is 58.6 Å². The fraction of sp³-hybridized carbons (Fsp3) is 0.529. The van der Waals surface area contributed by atoms with Gasteiger partial charge in [-0.15, -0.1) is 0 Å². The molecule has 6 heteroatoms. The predicted molar refractivity (Wildman–Crippen MR) is 84.6 cm³/mol. The highest BCUT2D eigenvalue weighted by Crippen LogP contribution is 2.11. The van der Waals surface area contributed by atoms with Gasteiger partial charge in [-0.05, 0) is 37.1 Å². The highest BCUT2D eigenvalue weighted by molar-refractivity contribution is 5.80. The smallest absolute Gasteiger partial charge is 0.260 e. The molecule has 0 spiro atoms.